The van der Waals surface area contributed by atoms with Crippen molar-refractivity contribution in [3.63, 3.8) is 0 Å². The zero-order valence-electron chi connectivity index (χ0n) is 18.7. The molecule has 1 aliphatic heterocycles. The smallest absolute Gasteiger partial charge is 0.272 e. The van der Waals surface area contributed by atoms with E-state index in [0.717, 1.165) is 11.3 Å². The van der Waals surface area contributed by atoms with E-state index in [1.54, 1.807) is 28.8 Å². The molecule has 2 aromatic rings. The Labute approximate surface area is 179 Å². The van der Waals surface area contributed by atoms with Crippen LogP contribution in [-0.2, 0) is 22.5 Å². The molecule has 30 heavy (non-hydrogen) atoms. The molecule has 1 saturated heterocycles. The van der Waals surface area contributed by atoms with E-state index in [1.807, 2.05) is 18.2 Å². The number of aromatic nitrogens is 2. The summed E-state index contributed by atoms with van der Waals surface area (Å²) in [5, 5.41) is 4.47. The molecule has 1 aliphatic rings. The second kappa shape index (κ2) is 8.15. The van der Waals surface area contributed by atoms with Crippen LogP contribution in [0.5, 0.6) is 0 Å². The minimum Gasteiger partial charge on any atom is -0.335 e. The molecule has 3 rings (SSSR count). The fourth-order valence-corrected chi connectivity index (χ4v) is 4.92. The predicted molar refractivity (Wildman–Crippen MR) is 117 cm³/mol. The second-order valence-electron chi connectivity index (χ2n) is 9.21. The van der Waals surface area contributed by atoms with Crippen molar-refractivity contribution in [3.05, 3.63) is 47.3 Å². The lowest BCUT2D eigenvalue weighted by Gasteiger charge is -2.34. The molecule has 1 amide bonds. The summed E-state index contributed by atoms with van der Waals surface area (Å²) in [5.74, 6) is 0.237. The number of rotatable bonds is 4. The quantitative estimate of drug-likeness (QED) is 0.744. The maximum atomic E-state index is 13.0. The standard InChI is InChI=1S/C22H32N4O3S/c1-16(2)17-7-9-18(10-8-17)30(28,29)26-13-11-25(12-14-26)21(27)19-15-20(22(3,4)5)23-24(19)6/h7-10,15-16H,11-14H2,1-6H3. The number of aryl methyl sites for hydroxylation is 1. The Morgan fingerprint density at radius 2 is 1.60 bits per heavy atom. The zero-order chi connectivity index (χ0) is 22.3. The number of benzene rings is 1. The monoisotopic (exact) mass is 432 g/mol. The van der Waals surface area contributed by atoms with Crippen LogP contribution in [0.3, 0.4) is 0 Å². The minimum absolute atomic E-state index is 0.112. The molecule has 0 spiro atoms. The van der Waals surface area contributed by atoms with Gasteiger partial charge in [0.1, 0.15) is 5.69 Å². The minimum atomic E-state index is -3.56. The fraction of sp³-hybridized carbons (Fsp3) is 0.545. The first-order chi connectivity index (χ1) is 13.9. The molecule has 0 atom stereocenters. The SMILES string of the molecule is CC(C)c1ccc(S(=O)(=O)N2CCN(C(=O)c3cc(C(C)(C)C)nn3C)CC2)cc1. The first kappa shape index (κ1) is 22.5. The third-order valence-electron chi connectivity index (χ3n) is 5.58. The van der Waals surface area contributed by atoms with E-state index in [9.17, 15) is 13.2 Å². The number of carbonyl (C=O) groups excluding carboxylic acids is 1. The number of carbonyl (C=O) groups is 1. The van der Waals surface area contributed by atoms with E-state index >= 15 is 0 Å². The average molecular weight is 433 g/mol. The van der Waals surface area contributed by atoms with Gasteiger partial charge in [0.05, 0.1) is 10.6 Å². The van der Waals surface area contributed by atoms with Crippen molar-refractivity contribution >= 4 is 15.9 Å². The van der Waals surface area contributed by atoms with Gasteiger partial charge in [-0.15, -0.1) is 0 Å². The summed E-state index contributed by atoms with van der Waals surface area (Å²) < 4.78 is 29.1. The van der Waals surface area contributed by atoms with Crippen LogP contribution in [0.1, 0.15) is 62.3 Å². The lowest BCUT2D eigenvalue weighted by molar-refractivity contribution is 0.0687. The summed E-state index contributed by atoms with van der Waals surface area (Å²) in [6.45, 7) is 11.6. The van der Waals surface area contributed by atoms with Gasteiger partial charge in [0.15, 0.2) is 0 Å². The molecule has 164 valence electrons. The summed E-state index contributed by atoms with van der Waals surface area (Å²) >= 11 is 0. The average Bonchev–Trinajstić information content (AvgIpc) is 3.09. The third kappa shape index (κ3) is 4.44. The van der Waals surface area contributed by atoms with Crippen molar-refractivity contribution in [1.29, 1.82) is 0 Å². The van der Waals surface area contributed by atoms with E-state index in [2.05, 4.69) is 39.7 Å². The van der Waals surface area contributed by atoms with Crippen molar-refractivity contribution in [1.82, 2.24) is 19.0 Å². The third-order valence-corrected chi connectivity index (χ3v) is 7.49. The summed E-state index contributed by atoms with van der Waals surface area (Å²) in [7, 11) is -1.80. The number of piperazine rings is 1. The summed E-state index contributed by atoms with van der Waals surface area (Å²) in [6, 6.07) is 8.92. The molecule has 8 heteroatoms. The maximum absolute atomic E-state index is 13.0. The predicted octanol–water partition coefficient (Wildman–Crippen LogP) is 2.99. The van der Waals surface area contributed by atoms with Crippen molar-refractivity contribution < 1.29 is 13.2 Å². The molecule has 2 heterocycles. The molecule has 7 nitrogen and oxygen atoms in total. The topological polar surface area (TPSA) is 75.5 Å². The molecule has 0 unspecified atom stereocenters. The summed E-state index contributed by atoms with van der Waals surface area (Å²) in [4.78, 5) is 15.0. The molecule has 0 bridgehead atoms. The molecular formula is C22H32N4O3S. The Hall–Kier alpha value is -2.19. The van der Waals surface area contributed by atoms with Gasteiger partial charge in [-0.1, -0.05) is 46.8 Å². The number of hydrogen-bond donors (Lipinski definition) is 0. The van der Waals surface area contributed by atoms with Crippen molar-refractivity contribution in [2.45, 2.75) is 50.8 Å². The number of hydrogen-bond acceptors (Lipinski definition) is 4. The van der Waals surface area contributed by atoms with Gasteiger partial charge in [-0.2, -0.15) is 9.40 Å². The highest BCUT2D eigenvalue weighted by Crippen LogP contribution is 2.24. The Kier molecular flexibility index (Phi) is 6.11. The maximum Gasteiger partial charge on any atom is 0.272 e. The molecule has 0 aliphatic carbocycles. The molecule has 0 saturated carbocycles. The number of amides is 1. The molecular weight excluding hydrogens is 400 g/mol. The van der Waals surface area contributed by atoms with E-state index < -0.39 is 10.0 Å². The van der Waals surface area contributed by atoms with E-state index in [4.69, 9.17) is 0 Å². The van der Waals surface area contributed by atoms with E-state index in [0.29, 0.717) is 29.6 Å². The summed E-state index contributed by atoms with van der Waals surface area (Å²) in [6.07, 6.45) is 0. The second-order valence-corrected chi connectivity index (χ2v) is 11.1. The Morgan fingerprint density at radius 1 is 1.03 bits per heavy atom. The normalized spacial score (nSPS) is 16.3. The molecule has 1 fully saturated rings. The van der Waals surface area contributed by atoms with Crippen molar-refractivity contribution in [3.8, 4) is 0 Å². The Bertz CT molecular complexity index is 1010. The number of sulfonamides is 1. The van der Waals surface area contributed by atoms with E-state index in [1.165, 1.54) is 4.31 Å². The fourth-order valence-electron chi connectivity index (χ4n) is 3.50. The lowest BCUT2D eigenvalue weighted by Crippen LogP contribution is -2.50. The zero-order valence-corrected chi connectivity index (χ0v) is 19.5. The van der Waals surface area contributed by atoms with Gasteiger partial charge in [0.25, 0.3) is 5.91 Å². The van der Waals surface area contributed by atoms with Gasteiger partial charge >= 0.3 is 0 Å². The van der Waals surface area contributed by atoms with Crippen LogP contribution in [0.2, 0.25) is 0 Å². The molecule has 0 N–H and O–H groups in total. The first-order valence-corrected chi connectivity index (χ1v) is 11.8. The summed E-state index contributed by atoms with van der Waals surface area (Å²) in [5.41, 5.74) is 2.35. The lowest BCUT2D eigenvalue weighted by atomic mass is 9.92. The molecule has 1 aromatic heterocycles. The Morgan fingerprint density at radius 3 is 2.07 bits per heavy atom. The van der Waals surface area contributed by atoms with Crippen LogP contribution in [0.4, 0.5) is 0 Å². The van der Waals surface area contributed by atoms with Gasteiger partial charge in [-0.05, 0) is 29.7 Å². The number of nitrogens with zero attached hydrogens (tertiary/aromatic N) is 4. The van der Waals surface area contributed by atoms with Crippen LogP contribution >= 0.6 is 0 Å². The highest BCUT2D eigenvalue weighted by Gasteiger charge is 2.32. The van der Waals surface area contributed by atoms with Crippen LogP contribution in [0.15, 0.2) is 35.2 Å². The van der Waals surface area contributed by atoms with Crippen LogP contribution in [-0.4, -0.2) is 59.5 Å². The first-order valence-electron chi connectivity index (χ1n) is 10.3. The Balaban J connectivity index is 1.70. The van der Waals surface area contributed by atoms with Gasteiger partial charge < -0.3 is 4.90 Å². The van der Waals surface area contributed by atoms with Gasteiger partial charge in [0.2, 0.25) is 10.0 Å². The largest absolute Gasteiger partial charge is 0.335 e. The van der Waals surface area contributed by atoms with Crippen LogP contribution in [0, 0.1) is 0 Å². The van der Waals surface area contributed by atoms with Gasteiger partial charge in [-0.25, -0.2) is 8.42 Å². The van der Waals surface area contributed by atoms with Crippen LogP contribution < -0.4 is 0 Å². The highest BCUT2D eigenvalue weighted by atomic mass is 32.2. The van der Waals surface area contributed by atoms with Crippen molar-refractivity contribution in [2.24, 2.45) is 7.05 Å². The van der Waals surface area contributed by atoms with Crippen LogP contribution in [0.25, 0.3) is 0 Å². The molecule has 0 radical (unpaired) electrons. The van der Waals surface area contributed by atoms with E-state index in [-0.39, 0.29) is 24.4 Å². The van der Waals surface area contributed by atoms with Crippen molar-refractivity contribution in [2.75, 3.05) is 26.2 Å². The van der Waals surface area contributed by atoms with Gasteiger partial charge in [0, 0.05) is 38.6 Å². The highest BCUT2D eigenvalue weighted by molar-refractivity contribution is 7.89. The van der Waals surface area contributed by atoms with Gasteiger partial charge in [-0.3, -0.25) is 9.48 Å². The molecule has 1 aromatic carbocycles.